The average molecular weight is 251 g/mol. The van der Waals surface area contributed by atoms with E-state index in [4.69, 9.17) is 4.98 Å². The minimum atomic E-state index is 0.772. The van der Waals surface area contributed by atoms with Crippen molar-refractivity contribution in [1.29, 1.82) is 0 Å². The van der Waals surface area contributed by atoms with Gasteiger partial charge in [0.05, 0.1) is 5.69 Å². The van der Waals surface area contributed by atoms with Gasteiger partial charge in [-0.25, -0.2) is 4.98 Å². The van der Waals surface area contributed by atoms with Crippen molar-refractivity contribution in [3.05, 3.63) is 11.1 Å². The maximum atomic E-state index is 4.74. The first-order valence-corrected chi connectivity index (χ1v) is 7.66. The molecule has 0 unspecified atom stereocenters. The molecule has 0 radical (unpaired) electrons. The Hall–Kier alpha value is -0.610. The summed E-state index contributed by atoms with van der Waals surface area (Å²) in [5.41, 5.74) is 1.21. The Morgan fingerprint density at radius 1 is 1.41 bits per heavy atom. The predicted molar refractivity (Wildman–Crippen MR) is 72.6 cm³/mol. The van der Waals surface area contributed by atoms with Crippen LogP contribution in [0.1, 0.15) is 38.3 Å². The lowest BCUT2D eigenvalue weighted by Crippen LogP contribution is -2.25. The highest BCUT2D eigenvalue weighted by Crippen LogP contribution is 2.32. The molecule has 1 N–H and O–H groups in total. The molecule has 0 aliphatic heterocycles. The third-order valence-corrected chi connectivity index (χ3v) is 4.47. The summed E-state index contributed by atoms with van der Waals surface area (Å²) in [6.07, 6.45) is 5.52. The van der Waals surface area contributed by atoms with Crippen molar-refractivity contribution in [1.82, 2.24) is 10.3 Å². The van der Waals surface area contributed by atoms with E-state index in [1.54, 1.807) is 11.3 Å². The predicted octanol–water partition coefficient (Wildman–Crippen LogP) is 2.63. The van der Waals surface area contributed by atoms with Gasteiger partial charge in [-0.1, -0.05) is 0 Å². The lowest BCUT2D eigenvalue weighted by atomic mass is 10.4. The monoisotopic (exact) mass is 251 g/mol. The van der Waals surface area contributed by atoms with Gasteiger partial charge in [-0.2, -0.15) is 0 Å². The van der Waals surface area contributed by atoms with Crippen LogP contribution in [0.3, 0.4) is 0 Å². The summed E-state index contributed by atoms with van der Waals surface area (Å²) in [6.45, 7) is 5.47. The Kier molecular flexibility index (Phi) is 3.34. The quantitative estimate of drug-likeness (QED) is 0.807. The Morgan fingerprint density at radius 3 is 2.88 bits per heavy atom. The summed E-state index contributed by atoms with van der Waals surface area (Å²) in [5, 5.41) is 6.95. The lowest BCUT2D eigenvalue weighted by Gasteiger charge is -2.19. The van der Waals surface area contributed by atoms with Gasteiger partial charge in [0.1, 0.15) is 0 Å². The van der Waals surface area contributed by atoms with Crippen LogP contribution in [0.25, 0.3) is 0 Å². The molecule has 17 heavy (non-hydrogen) atoms. The zero-order valence-electron chi connectivity index (χ0n) is 10.5. The van der Waals surface area contributed by atoms with Crippen molar-refractivity contribution in [3.63, 3.8) is 0 Å². The molecule has 94 valence electrons. The highest BCUT2D eigenvalue weighted by molar-refractivity contribution is 7.13. The fourth-order valence-electron chi connectivity index (χ4n) is 2.01. The molecule has 0 saturated heterocycles. The SMILES string of the molecule is CCN(CC1CC1)c1nc(CNC2CC2)cs1. The Balaban J connectivity index is 1.56. The van der Waals surface area contributed by atoms with Crippen molar-refractivity contribution in [2.24, 2.45) is 5.92 Å². The van der Waals surface area contributed by atoms with Gasteiger partial charge in [0.2, 0.25) is 0 Å². The standard InChI is InChI=1S/C13H21N3S/c1-2-16(8-10-3-4-10)13-15-12(9-17-13)7-14-11-5-6-11/h9-11,14H,2-8H2,1H3. The van der Waals surface area contributed by atoms with E-state index in [2.05, 4.69) is 22.5 Å². The second kappa shape index (κ2) is 4.94. The zero-order chi connectivity index (χ0) is 11.7. The van der Waals surface area contributed by atoms with E-state index in [1.807, 2.05) is 0 Å². The second-order valence-corrected chi connectivity index (χ2v) is 6.10. The number of hydrogen-bond donors (Lipinski definition) is 1. The van der Waals surface area contributed by atoms with Crippen molar-refractivity contribution < 1.29 is 0 Å². The van der Waals surface area contributed by atoms with E-state index in [9.17, 15) is 0 Å². The van der Waals surface area contributed by atoms with Gasteiger partial charge < -0.3 is 10.2 Å². The Morgan fingerprint density at radius 2 is 2.24 bits per heavy atom. The maximum absolute atomic E-state index is 4.74. The first-order valence-electron chi connectivity index (χ1n) is 6.78. The number of aromatic nitrogens is 1. The Bertz CT molecular complexity index is 368. The number of nitrogens with one attached hydrogen (secondary N) is 1. The Labute approximate surface area is 107 Å². The molecule has 0 spiro atoms. The number of thiazole rings is 1. The van der Waals surface area contributed by atoms with Gasteiger partial charge in [-0.05, 0) is 38.5 Å². The minimum Gasteiger partial charge on any atom is -0.348 e. The summed E-state index contributed by atoms with van der Waals surface area (Å²) in [7, 11) is 0. The number of anilines is 1. The van der Waals surface area contributed by atoms with Crippen LogP contribution in [0.5, 0.6) is 0 Å². The van der Waals surface area contributed by atoms with E-state index in [1.165, 1.54) is 43.1 Å². The van der Waals surface area contributed by atoms with Crippen LogP contribution >= 0.6 is 11.3 Å². The lowest BCUT2D eigenvalue weighted by molar-refractivity contribution is 0.674. The third-order valence-electron chi connectivity index (χ3n) is 3.52. The van der Waals surface area contributed by atoms with Crippen LogP contribution in [0.2, 0.25) is 0 Å². The first kappa shape index (κ1) is 11.5. The molecule has 0 amide bonds. The van der Waals surface area contributed by atoms with E-state index in [0.717, 1.165) is 25.0 Å². The zero-order valence-corrected chi connectivity index (χ0v) is 11.3. The number of rotatable bonds is 7. The normalized spacial score (nSPS) is 19.6. The molecule has 0 bridgehead atoms. The maximum Gasteiger partial charge on any atom is 0.185 e. The van der Waals surface area contributed by atoms with Crippen LogP contribution in [-0.4, -0.2) is 24.1 Å². The topological polar surface area (TPSA) is 28.2 Å². The highest BCUT2D eigenvalue weighted by atomic mass is 32.1. The third kappa shape index (κ3) is 3.19. The summed E-state index contributed by atoms with van der Waals surface area (Å²) in [6, 6.07) is 0.772. The van der Waals surface area contributed by atoms with Crippen molar-refractivity contribution in [2.45, 2.75) is 45.2 Å². The molecule has 2 saturated carbocycles. The van der Waals surface area contributed by atoms with E-state index in [-0.39, 0.29) is 0 Å². The van der Waals surface area contributed by atoms with Gasteiger partial charge in [-0.3, -0.25) is 0 Å². The van der Waals surface area contributed by atoms with Gasteiger partial charge >= 0.3 is 0 Å². The van der Waals surface area contributed by atoms with Gasteiger partial charge in [0.25, 0.3) is 0 Å². The molecule has 2 aliphatic carbocycles. The molecule has 1 aromatic rings. The van der Waals surface area contributed by atoms with Crippen LogP contribution in [0.15, 0.2) is 5.38 Å². The van der Waals surface area contributed by atoms with Crippen molar-refractivity contribution in [3.8, 4) is 0 Å². The minimum absolute atomic E-state index is 0.772. The molecule has 1 aromatic heterocycles. The van der Waals surface area contributed by atoms with Crippen LogP contribution in [-0.2, 0) is 6.54 Å². The molecule has 0 atom stereocenters. The first-order chi connectivity index (χ1) is 8.35. The van der Waals surface area contributed by atoms with E-state index >= 15 is 0 Å². The summed E-state index contributed by atoms with van der Waals surface area (Å²) >= 11 is 1.80. The molecule has 1 heterocycles. The molecule has 3 nitrogen and oxygen atoms in total. The van der Waals surface area contributed by atoms with Gasteiger partial charge in [-0.15, -0.1) is 11.3 Å². The summed E-state index contributed by atoms with van der Waals surface area (Å²) < 4.78 is 0. The molecule has 3 rings (SSSR count). The van der Waals surface area contributed by atoms with Gasteiger partial charge in [0.15, 0.2) is 5.13 Å². The molecule has 4 heteroatoms. The van der Waals surface area contributed by atoms with Gasteiger partial charge in [0, 0.05) is 31.1 Å². The summed E-state index contributed by atoms with van der Waals surface area (Å²) in [4.78, 5) is 7.18. The fourth-order valence-corrected chi connectivity index (χ4v) is 2.91. The average Bonchev–Trinajstić information content (AvgIpc) is 3.25. The fraction of sp³-hybridized carbons (Fsp3) is 0.769. The number of hydrogen-bond acceptors (Lipinski definition) is 4. The summed E-state index contributed by atoms with van der Waals surface area (Å²) in [5.74, 6) is 0.937. The molecular formula is C13H21N3S. The van der Waals surface area contributed by atoms with Crippen molar-refractivity contribution >= 4 is 16.5 Å². The molecule has 2 aliphatic rings. The van der Waals surface area contributed by atoms with E-state index < -0.39 is 0 Å². The molecule has 2 fully saturated rings. The van der Waals surface area contributed by atoms with Crippen LogP contribution in [0.4, 0.5) is 5.13 Å². The number of nitrogens with zero attached hydrogens (tertiary/aromatic N) is 2. The smallest absolute Gasteiger partial charge is 0.185 e. The highest BCUT2D eigenvalue weighted by Gasteiger charge is 2.25. The molecule has 0 aromatic carbocycles. The molecular weight excluding hydrogens is 230 g/mol. The van der Waals surface area contributed by atoms with Crippen LogP contribution < -0.4 is 10.2 Å². The van der Waals surface area contributed by atoms with E-state index in [0.29, 0.717) is 0 Å². The largest absolute Gasteiger partial charge is 0.348 e. The second-order valence-electron chi connectivity index (χ2n) is 5.26. The van der Waals surface area contributed by atoms with Crippen molar-refractivity contribution in [2.75, 3.05) is 18.0 Å². The van der Waals surface area contributed by atoms with Crippen LogP contribution in [0, 0.1) is 5.92 Å².